The van der Waals surface area contributed by atoms with Crippen LogP contribution in [-0.4, -0.2) is 24.0 Å². The molecule has 1 aromatic heterocycles. The van der Waals surface area contributed by atoms with Gasteiger partial charge in [0.25, 0.3) is 0 Å². The molecule has 21 heavy (non-hydrogen) atoms. The highest BCUT2D eigenvalue weighted by Crippen LogP contribution is 2.26. The molecule has 1 amide bonds. The van der Waals surface area contributed by atoms with Crippen molar-refractivity contribution < 1.29 is 14.3 Å². The van der Waals surface area contributed by atoms with Crippen LogP contribution >= 0.6 is 0 Å². The first-order valence-corrected chi connectivity index (χ1v) is 7.49. The number of methoxy groups -OCH3 is 1. The minimum Gasteiger partial charge on any atom is -0.465 e. The molecule has 0 atom stereocenters. The third-order valence-electron chi connectivity index (χ3n) is 3.90. The van der Waals surface area contributed by atoms with E-state index in [1.807, 2.05) is 0 Å². The van der Waals surface area contributed by atoms with Crippen LogP contribution in [0.2, 0.25) is 0 Å². The quantitative estimate of drug-likeness (QED) is 0.846. The molecule has 1 aliphatic carbocycles. The molecule has 1 aromatic rings. The van der Waals surface area contributed by atoms with Gasteiger partial charge in [0.1, 0.15) is 0 Å². The summed E-state index contributed by atoms with van der Waals surface area (Å²) in [5.41, 5.74) is 1.11. The molecule has 0 aliphatic heterocycles. The Bertz CT molecular complexity index is 496. The molecule has 1 aliphatic rings. The highest BCUT2D eigenvalue weighted by Gasteiger charge is 2.17. The summed E-state index contributed by atoms with van der Waals surface area (Å²) >= 11 is 0. The van der Waals surface area contributed by atoms with Gasteiger partial charge in [0, 0.05) is 12.6 Å². The fourth-order valence-corrected chi connectivity index (χ4v) is 2.73. The molecule has 0 saturated heterocycles. The zero-order chi connectivity index (χ0) is 15.1. The lowest BCUT2D eigenvalue weighted by Crippen LogP contribution is -2.26. The predicted molar refractivity (Wildman–Crippen MR) is 78.6 cm³/mol. The lowest BCUT2D eigenvalue weighted by Gasteiger charge is -2.20. The van der Waals surface area contributed by atoms with Gasteiger partial charge in [-0.1, -0.05) is 19.3 Å². The van der Waals surface area contributed by atoms with E-state index < -0.39 is 5.97 Å². The largest absolute Gasteiger partial charge is 0.465 e. The van der Waals surface area contributed by atoms with Gasteiger partial charge >= 0.3 is 5.97 Å². The highest BCUT2D eigenvalue weighted by molar-refractivity contribution is 5.89. The Hall–Kier alpha value is -1.91. The molecule has 1 heterocycles. The summed E-state index contributed by atoms with van der Waals surface area (Å²) in [6, 6.07) is 3.24. The third-order valence-corrected chi connectivity index (χ3v) is 3.90. The van der Waals surface area contributed by atoms with Gasteiger partial charge in [0.15, 0.2) is 0 Å². The first-order valence-electron chi connectivity index (χ1n) is 7.49. The molecule has 0 aromatic carbocycles. The van der Waals surface area contributed by atoms with E-state index in [4.69, 9.17) is 0 Å². The van der Waals surface area contributed by atoms with Crippen LogP contribution in [0.4, 0.5) is 0 Å². The number of rotatable bonds is 5. The van der Waals surface area contributed by atoms with E-state index >= 15 is 0 Å². The maximum atomic E-state index is 11.9. The van der Waals surface area contributed by atoms with Gasteiger partial charge < -0.3 is 10.1 Å². The molecule has 1 saturated carbocycles. The molecular formula is C16H22N2O3. The smallest absolute Gasteiger partial charge is 0.337 e. The van der Waals surface area contributed by atoms with Crippen molar-refractivity contribution >= 4 is 11.9 Å². The number of hydrogen-bond donors (Lipinski definition) is 1. The normalized spacial score (nSPS) is 15.5. The minimum atomic E-state index is -0.396. The Morgan fingerprint density at radius 2 is 2.10 bits per heavy atom. The Balaban J connectivity index is 1.81. The Morgan fingerprint density at radius 1 is 1.33 bits per heavy atom. The summed E-state index contributed by atoms with van der Waals surface area (Å²) < 4.78 is 4.66. The van der Waals surface area contributed by atoms with Gasteiger partial charge in [-0.05, 0) is 30.9 Å². The van der Waals surface area contributed by atoms with Crippen molar-refractivity contribution in [2.24, 2.45) is 5.92 Å². The zero-order valence-corrected chi connectivity index (χ0v) is 12.4. The fraction of sp³-hybridized carbons (Fsp3) is 0.562. The van der Waals surface area contributed by atoms with Crippen LogP contribution in [0.1, 0.15) is 54.6 Å². The zero-order valence-electron chi connectivity index (χ0n) is 12.4. The maximum absolute atomic E-state index is 11.9. The van der Waals surface area contributed by atoms with Gasteiger partial charge in [-0.2, -0.15) is 0 Å². The molecule has 0 unspecified atom stereocenters. The van der Waals surface area contributed by atoms with Gasteiger partial charge in [0.2, 0.25) is 5.91 Å². The van der Waals surface area contributed by atoms with Gasteiger partial charge in [-0.15, -0.1) is 0 Å². The van der Waals surface area contributed by atoms with Gasteiger partial charge in [0.05, 0.1) is 24.9 Å². The van der Waals surface area contributed by atoms with E-state index in [1.54, 1.807) is 18.3 Å². The van der Waals surface area contributed by atoms with Crippen molar-refractivity contribution in [3.8, 4) is 0 Å². The van der Waals surface area contributed by atoms with Gasteiger partial charge in [-0.3, -0.25) is 9.78 Å². The van der Waals surface area contributed by atoms with Crippen LogP contribution in [0.5, 0.6) is 0 Å². The lowest BCUT2D eigenvalue weighted by atomic mass is 9.87. The molecular weight excluding hydrogens is 268 g/mol. The summed E-state index contributed by atoms with van der Waals surface area (Å²) in [6.45, 7) is 0.344. The molecule has 0 bridgehead atoms. The number of hydrogen-bond acceptors (Lipinski definition) is 4. The van der Waals surface area contributed by atoms with E-state index in [0.717, 1.165) is 12.8 Å². The van der Waals surface area contributed by atoms with Crippen molar-refractivity contribution in [3.63, 3.8) is 0 Å². The van der Waals surface area contributed by atoms with Crippen LogP contribution in [0.15, 0.2) is 18.3 Å². The number of aromatic nitrogens is 1. The molecule has 114 valence electrons. The van der Waals surface area contributed by atoms with E-state index in [9.17, 15) is 9.59 Å². The number of nitrogens with one attached hydrogen (secondary N) is 1. The standard InChI is InChI=1S/C16H22N2O3/c1-21-16(20)13-7-8-17-14(10-13)11-18-15(19)9-12-5-3-2-4-6-12/h7-8,10,12H,2-6,9,11H2,1H3,(H,18,19). The molecule has 1 N–H and O–H groups in total. The summed E-state index contributed by atoms with van der Waals surface area (Å²) in [7, 11) is 1.34. The summed E-state index contributed by atoms with van der Waals surface area (Å²) in [5, 5.41) is 2.88. The number of ether oxygens (including phenoxy) is 1. The third kappa shape index (κ3) is 4.85. The SMILES string of the molecule is COC(=O)c1ccnc(CNC(=O)CC2CCCCC2)c1. The second-order valence-electron chi connectivity index (χ2n) is 5.51. The van der Waals surface area contributed by atoms with Crippen LogP contribution < -0.4 is 5.32 Å². The molecule has 5 heteroatoms. The molecule has 0 radical (unpaired) electrons. The number of nitrogens with zero attached hydrogens (tertiary/aromatic N) is 1. The molecule has 5 nitrogen and oxygen atoms in total. The minimum absolute atomic E-state index is 0.0622. The number of amides is 1. The van der Waals surface area contributed by atoms with Crippen molar-refractivity contribution in [1.82, 2.24) is 10.3 Å². The fourth-order valence-electron chi connectivity index (χ4n) is 2.73. The Morgan fingerprint density at radius 3 is 2.81 bits per heavy atom. The average molecular weight is 290 g/mol. The topological polar surface area (TPSA) is 68.3 Å². The van der Waals surface area contributed by atoms with E-state index in [1.165, 1.54) is 26.4 Å². The monoisotopic (exact) mass is 290 g/mol. The highest BCUT2D eigenvalue weighted by atomic mass is 16.5. The van der Waals surface area contributed by atoms with E-state index in [0.29, 0.717) is 30.1 Å². The number of carbonyl (C=O) groups is 2. The average Bonchev–Trinajstić information content (AvgIpc) is 2.53. The van der Waals surface area contributed by atoms with Crippen LogP contribution in [0.25, 0.3) is 0 Å². The van der Waals surface area contributed by atoms with E-state index in [-0.39, 0.29) is 5.91 Å². The Kier molecular flexibility index (Phi) is 5.72. The summed E-state index contributed by atoms with van der Waals surface area (Å²) in [4.78, 5) is 27.5. The van der Waals surface area contributed by atoms with Crippen molar-refractivity contribution in [1.29, 1.82) is 0 Å². The predicted octanol–water partition coefficient (Wildman–Crippen LogP) is 2.45. The summed E-state index contributed by atoms with van der Waals surface area (Å²) in [5.74, 6) is 0.187. The van der Waals surface area contributed by atoms with Crippen molar-refractivity contribution in [2.75, 3.05) is 7.11 Å². The molecule has 0 spiro atoms. The molecule has 2 rings (SSSR count). The number of pyridine rings is 1. The van der Waals surface area contributed by atoms with Crippen molar-refractivity contribution in [3.05, 3.63) is 29.6 Å². The van der Waals surface area contributed by atoms with Crippen LogP contribution in [0, 0.1) is 5.92 Å². The first kappa shape index (κ1) is 15.5. The Labute approximate surface area is 125 Å². The maximum Gasteiger partial charge on any atom is 0.337 e. The second kappa shape index (κ2) is 7.76. The van der Waals surface area contributed by atoms with Gasteiger partial charge in [-0.25, -0.2) is 4.79 Å². The number of esters is 1. The molecule has 1 fully saturated rings. The summed E-state index contributed by atoms with van der Waals surface area (Å²) in [6.07, 6.45) is 8.22. The van der Waals surface area contributed by atoms with Crippen molar-refractivity contribution in [2.45, 2.75) is 45.1 Å². The second-order valence-corrected chi connectivity index (χ2v) is 5.51. The first-order chi connectivity index (χ1) is 10.2. The van der Waals surface area contributed by atoms with Crippen LogP contribution in [-0.2, 0) is 16.1 Å². The van der Waals surface area contributed by atoms with Crippen LogP contribution in [0.3, 0.4) is 0 Å². The number of carbonyl (C=O) groups excluding carboxylic acids is 2. The van der Waals surface area contributed by atoms with E-state index in [2.05, 4.69) is 15.0 Å². The lowest BCUT2D eigenvalue weighted by molar-refractivity contribution is -0.122.